The highest BCUT2D eigenvalue weighted by molar-refractivity contribution is 5.31. The molecule has 1 atom stereocenters. The van der Waals surface area contributed by atoms with E-state index in [-0.39, 0.29) is 0 Å². The van der Waals surface area contributed by atoms with Gasteiger partial charge in [0.2, 0.25) is 0 Å². The molecule has 0 radical (unpaired) electrons. The molecule has 0 bridgehead atoms. The smallest absolute Gasteiger partial charge is 0.144 e. The molecule has 1 N–H and O–H groups in total. The van der Waals surface area contributed by atoms with Gasteiger partial charge in [-0.05, 0) is 38.5 Å². The Morgan fingerprint density at radius 2 is 1.95 bits per heavy atom. The second kappa shape index (κ2) is 7.28. The van der Waals surface area contributed by atoms with Crippen molar-refractivity contribution < 1.29 is 0 Å². The normalized spacial score (nSPS) is 14.4. The monoisotopic (exact) mass is 259 g/mol. The molecule has 0 fully saturated rings. The molecule has 0 heterocycles. The van der Waals surface area contributed by atoms with Crippen LogP contribution in [0, 0.1) is 17.2 Å². The molecule has 0 amide bonds. The van der Waals surface area contributed by atoms with Gasteiger partial charge in [-0.25, -0.2) is 0 Å². The fourth-order valence-electron chi connectivity index (χ4n) is 2.16. The minimum atomic E-state index is -0.632. The zero-order valence-corrected chi connectivity index (χ0v) is 12.5. The van der Waals surface area contributed by atoms with Crippen LogP contribution in [0.4, 0.5) is 0 Å². The molecule has 104 valence electrons. The van der Waals surface area contributed by atoms with E-state index in [1.165, 1.54) is 0 Å². The second-order valence-corrected chi connectivity index (χ2v) is 5.55. The van der Waals surface area contributed by atoms with Crippen LogP contribution in [0.2, 0.25) is 0 Å². The Labute approximate surface area is 117 Å². The first-order valence-corrected chi connectivity index (χ1v) is 6.88. The molecule has 1 unspecified atom stereocenters. The zero-order chi connectivity index (χ0) is 14.3. The summed E-state index contributed by atoms with van der Waals surface area (Å²) in [5.41, 5.74) is 0.392. The minimum Gasteiger partial charge on any atom is -0.303 e. The fourth-order valence-corrected chi connectivity index (χ4v) is 2.16. The molecule has 0 spiro atoms. The molecule has 3 heteroatoms. The third kappa shape index (κ3) is 4.34. The van der Waals surface area contributed by atoms with Gasteiger partial charge in [0.1, 0.15) is 5.54 Å². The molecule has 19 heavy (non-hydrogen) atoms. The number of nitriles is 1. The van der Waals surface area contributed by atoms with Crippen molar-refractivity contribution >= 4 is 0 Å². The predicted octanol–water partition coefficient (Wildman–Crippen LogP) is 2.60. The first kappa shape index (κ1) is 15.7. The maximum Gasteiger partial charge on any atom is 0.144 e. The molecular weight excluding hydrogens is 234 g/mol. The van der Waals surface area contributed by atoms with E-state index in [1.807, 2.05) is 37.4 Å². The van der Waals surface area contributed by atoms with Crippen molar-refractivity contribution in [2.45, 2.75) is 25.8 Å². The Morgan fingerprint density at radius 3 is 2.42 bits per heavy atom. The summed E-state index contributed by atoms with van der Waals surface area (Å²) in [4.78, 5) is 2.23. The number of hydrogen-bond donors (Lipinski definition) is 1. The van der Waals surface area contributed by atoms with Crippen molar-refractivity contribution in [1.82, 2.24) is 10.2 Å². The highest BCUT2D eigenvalue weighted by atomic mass is 15.1. The van der Waals surface area contributed by atoms with Crippen molar-refractivity contribution in [3.63, 3.8) is 0 Å². The largest absolute Gasteiger partial charge is 0.303 e. The average molecular weight is 259 g/mol. The molecule has 0 aliphatic carbocycles. The van der Waals surface area contributed by atoms with E-state index in [1.54, 1.807) is 0 Å². The van der Waals surface area contributed by atoms with Crippen LogP contribution < -0.4 is 5.32 Å². The molecule has 0 aliphatic heterocycles. The van der Waals surface area contributed by atoms with Crippen LogP contribution in [0.15, 0.2) is 30.3 Å². The van der Waals surface area contributed by atoms with Crippen LogP contribution in [0.5, 0.6) is 0 Å². The van der Waals surface area contributed by atoms with E-state index in [9.17, 15) is 5.26 Å². The van der Waals surface area contributed by atoms with Crippen LogP contribution in [-0.4, -0.2) is 32.1 Å². The van der Waals surface area contributed by atoms with Gasteiger partial charge in [0.25, 0.3) is 0 Å². The Hall–Kier alpha value is -1.37. The summed E-state index contributed by atoms with van der Waals surface area (Å²) in [5.74, 6) is 0.685. The van der Waals surface area contributed by atoms with E-state index < -0.39 is 5.54 Å². The van der Waals surface area contributed by atoms with Crippen LogP contribution in [-0.2, 0) is 5.54 Å². The number of nitrogens with one attached hydrogen (secondary N) is 1. The first-order valence-electron chi connectivity index (χ1n) is 6.88. The van der Waals surface area contributed by atoms with Gasteiger partial charge in [0.15, 0.2) is 0 Å². The lowest BCUT2D eigenvalue weighted by Gasteiger charge is -2.31. The standard InChI is InChI=1S/C16H25N3/c1-14(2)10-11-19(4)13-16(12-17,18-3)15-8-6-5-7-9-15/h5-9,14,18H,10-11,13H2,1-4H3. The van der Waals surface area contributed by atoms with Crippen LogP contribution in [0.3, 0.4) is 0 Å². The Balaban J connectivity index is 2.81. The quantitative estimate of drug-likeness (QED) is 0.818. The fraction of sp³-hybridized carbons (Fsp3) is 0.562. The number of hydrogen-bond acceptors (Lipinski definition) is 3. The van der Waals surface area contributed by atoms with Gasteiger partial charge in [0, 0.05) is 6.54 Å². The average Bonchev–Trinajstić information content (AvgIpc) is 2.43. The molecule has 0 saturated carbocycles. The van der Waals surface area contributed by atoms with Gasteiger partial charge < -0.3 is 4.90 Å². The van der Waals surface area contributed by atoms with Gasteiger partial charge in [0.05, 0.1) is 6.07 Å². The van der Waals surface area contributed by atoms with Crippen LogP contribution in [0.1, 0.15) is 25.8 Å². The highest BCUT2D eigenvalue weighted by Crippen LogP contribution is 2.21. The Kier molecular flexibility index (Phi) is 6.01. The van der Waals surface area contributed by atoms with E-state index in [0.29, 0.717) is 12.5 Å². The summed E-state index contributed by atoms with van der Waals surface area (Å²) in [7, 11) is 3.93. The molecule has 0 aliphatic rings. The first-order chi connectivity index (χ1) is 9.04. The summed E-state index contributed by atoms with van der Waals surface area (Å²) in [5, 5.41) is 12.8. The lowest BCUT2D eigenvalue weighted by atomic mass is 9.91. The summed E-state index contributed by atoms with van der Waals surface area (Å²) < 4.78 is 0. The molecule has 1 aromatic rings. The summed E-state index contributed by atoms with van der Waals surface area (Å²) in [6.45, 7) is 6.15. The SMILES string of the molecule is CNC(C#N)(CN(C)CCC(C)C)c1ccccc1. The molecule has 0 saturated heterocycles. The van der Waals surface area contributed by atoms with Crippen molar-refractivity contribution in [3.8, 4) is 6.07 Å². The minimum absolute atomic E-state index is 0.632. The molecule has 3 nitrogen and oxygen atoms in total. The Morgan fingerprint density at radius 1 is 1.32 bits per heavy atom. The van der Waals surface area contributed by atoms with E-state index in [2.05, 4.69) is 37.2 Å². The van der Waals surface area contributed by atoms with Gasteiger partial charge in [-0.3, -0.25) is 5.32 Å². The lowest BCUT2D eigenvalue weighted by Crippen LogP contribution is -2.48. The summed E-state index contributed by atoms with van der Waals surface area (Å²) >= 11 is 0. The molecular formula is C16H25N3. The maximum absolute atomic E-state index is 9.62. The number of benzene rings is 1. The maximum atomic E-state index is 9.62. The summed E-state index contributed by atoms with van der Waals surface area (Å²) in [6, 6.07) is 12.4. The topological polar surface area (TPSA) is 39.1 Å². The summed E-state index contributed by atoms with van der Waals surface area (Å²) in [6.07, 6.45) is 1.15. The van der Waals surface area contributed by atoms with Crippen molar-refractivity contribution in [2.75, 3.05) is 27.2 Å². The van der Waals surface area contributed by atoms with Gasteiger partial charge in [-0.2, -0.15) is 5.26 Å². The van der Waals surface area contributed by atoms with Gasteiger partial charge >= 0.3 is 0 Å². The molecule has 1 aromatic carbocycles. The van der Waals surface area contributed by atoms with Gasteiger partial charge in [-0.1, -0.05) is 44.2 Å². The van der Waals surface area contributed by atoms with E-state index in [0.717, 1.165) is 18.5 Å². The third-order valence-corrected chi connectivity index (χ3v) is 3.48. The van der Waals surface area contributed by atoms with Crippen molar-refractivity contribution in [3.05, 3.63) is 35.9 Å². The zero-order valence-electron chi connectivity index (χ0n) is 12.5. The predicted molar refractivity (Wildman–Crippen MR) is 79.7 cm³/mol. The van der Waals surface area contributed by atoms with Crippen molar-refractivity contribution in [2.24, 2.45) is 5.92 Å². The number of likely N-dealkylation sites (N-methyl/N-ethyl adjacent to an activating group) is 2. The van der Waals surface area contributed by atoms with Gasteiger partial charge in [-0.15, -0.1) is 0 Å². The molecule has 0 aromatic heterocycles. The van der Waals surface area contributed by atoms with Crippen LogP contribution >= 0.6 is 0 Å². The molecule has 1 rings (SSSR count). The Bertz CT molecular complexity index is 408. The highest BCUT2D eigenvalue weighted by Gasteiger charge is 2.31. The van der Waals surface area contributed by atoms with Crippen LogP contribution in [0.25, 0.3) is 0 Å². The van der Waals surface area contributed by atoms with Crippen molar-refractivity contribution in [1.29, 1.82) is 5.26 Å². The third-order valence-electron chi connectivity index (χ3n) is 3.48. The van der Waals surface area contributed by atoms with E-state index >= 15 is 0 Å². The number of rotatable bonds is 7. The van der Waals surface area contributed by atoms with E-state index in [4.69, 9.17) is 0 Å². The lowest BCUT2D eigenvalue weighted by molar-refractivity contribution is 0.246. The number of nitrogens with zero attached hydrogens (tertiary/aromatic N) is 2. The second-order valence-electron chi connectivity index (χ2n) is 5.55.